The molecule has 0 radical (unpaired) electrons. The van der Waals surface area contributed by atoms with Gasteiger partial charge in [-0.2, -0.15) is 0 Å². The van der Waals surface area contributed by atoms with Crippen LogP contribution in [0.3, 0.4) is 0 Å². The van der Waals surface area contributed by atoms with Gasteiger partial charge in [0.1, 0.15) is 0 Å². The van der Waals surface area contributed by atoms with Crippen molar-refractivity contribution in [2.45, 2.75) is 58.0 Å². The molecular weight excluding hydrogens is 234 g/mol. The van der Waals surface area contributed by atoms with Crippen molar-refractivity contribution in [3.63, 3.8) is 0 Å². The van der Waals surface area contributed by atoms with Crippen LogP contribution in [0.4, 0.5) is 0 Å². The molecule has 112 valence electrons. The van der Waals surface area contributed by atoms with Gasteiger partial charge in [-0.15, -0.1) is 0 Å². The van der Waals surface area contributed by atoms with Gasteiger partial charge in [0.15, 0.2) is 0 Å². The molecule has 2 fully saturated rings. The fraction of sp³-hybridized carbons (Fsp3) is 1.00. The van der Waals surface area contributed by atoms with Gasteiger partial charge >= 0.3 is 0 Å². The molecule has 2 saturated heterocycles. The molecule has 0 aromatic carbocycles. The SMILES string of the molecule is CN(C1CCN(CC2CCNCC2)CC1)C(C)(C)C. The van der Waals surface area contributed by atoms with Crippen molar-refractivity contribution < 1.29 is 0 Å². The maximum absolute atomic E-state index is 3.47. The van der Waals surface area contributed by atoms with Crippen LogP contribution >= 0.6 is 0 Å². The summed E-state index contributed by atoms with van der Waals surface area (Å²) in [5.41, 5.74) is 0.307. The zero-order valence-electron chi connectivity index (χ0n) is 13.4. The number of likely N-dealkylation sites (tertiary alicyclic amines) is 1. The molecule has 0 atom stereocenters. The molecule has 0 aromatic heterocycles. The van der Waals surface area contributed by atoms with Gasteiger partial charge in [0.2, 0.25) is 0 Å². The number of rotatable bonds is 3. The third-order valence-electron chi connectivity index (χ3n) is 5.14. The first-order valence-corrected chi connectivity index (χ1v) is 8.13. The number of nitrogens with zero attached hydrogens (tertiary/aromatic N) is 2. The topological polar surface area (TPSA) is 18.5 Å². The highest BCUT2D eigenvalue weighted by Crippen LogP contribution is 2.24. The van der Waals surface area contributed by atoms with Crippen molar-refractivity contribution in [3.8, 4) is 0 Å². The van der Waals surface area contributed by atoms with E-state index < -0.39 is 0 Å². The smallest absolute Gasteiger partial charge is 0.0124 e. The summed E-state index contributed by atoms with van der Waals surface area (Å²) in [6, 6.07) is 0.782. The van der Waals surface area contributed by atoms with Gasteiger partial charge < -0.3 is 10.2 Å². The van der Waals surface area contributed by atoms with Gasteiger partial charge in [-0.1, -0.05) is 0 Å². The first-order valence-electron chi connectivity index (χ1n) is 8.13. The van der Waals surface area contributed by atoms with E-state index in [1.165, 1.54) is 58.4 Å². The molecule has 0 aliphatic carbocycles. The Morgan fingerprint density at radius 3 is 2.16 bits per heavy atom. The second kappa shape index (κ2) is 6.55. The van der Waals surface area contributed by atoms with E-state index >= 15 is 0 Å². The molecule has 0 spiro atoms. The summed E-state index contributed by atoms with van der Waals surface area (Å²) >= 11 is 0. The highest BCUT2D eigenvalue weighted by molar-refractivity contribution is 4.85. The lowest BCUT2D eigenvalue weighted by molar-refractivity contribution is 0.0576. The van der Waals surface area contributed by atoms with Crippen LogP contribution in [0.1, 0.15) is 46.5 Å². The zero-order chi connectivity index (χ0) is 13.9. The number of piperidine rings is 2. The Balaban J connectivity index is 1.73. The highest BCUT2D eigenvalue weighted by atomic mass is 15.2. The molecule has 2 heterocycles. The van der Waals surface area contributed by atoms with Crippen molar-refractivity contribution in [3.05, 3.63) is 0 Å². The summed E-state index contributed by atoms with van der Waals surface area (Å²) < 4.78 is 0. The molecular formula is C16H33N3. The van der Waals surface area contributed by atoms with E-state index in [2.05, 4.69) is 42.9 Å². The average Bonchev–Trinajstić information content (AvgIpc) is 2.39. The lowest BCUT2D eigenvalue weighted by atomic mass is 9.94. The van der Waals surface area contributed by atoms with Crippen LogP contribution in [0, 0.1) is 5.92 Å². The Kier molecular flexibility index (Phi) is 5.27. The summed E-state index contributed by atoms with van der Waals surface area (Å²) in [6.45, 7) is 13.4. The van der Waals surface area contributed by atoms with Crippen LogP contribution in [-0.2, 0) is 0 Å². The summed E-state index contributed by atoms with van der Waals surface area (Å²) in [5.74, 6) is 0.943. The highest BCUT2D eigenvalue weighted by Gasteiger charge is 2.29. The normalized spacial score (nSPS) is 25.1. The second-order valence-corrected chi connectivity index (χ2v) is 7.51. The Morgan fingerprint density at radius 1 is 1.05 bits per heavy atom. The van der Waals surface area contributed by atoms with Gasteiger partial charge in [0.05, 0.1) is 0 Å². The van der Waals surface area contributed by atoms with E-state index in [1.807, 2.05) is 0 Å². The van der Waals surface area contributed by atoms with Crippen molar-refractivity contribution >= 4 is 0 Å². The lowest BCUT2D eigenvalue weighted by Crippen LogP contribution is -2.51. The van der Waals surface area contributed by atoms with E-state index in [0.717, 1.165) is 12.0 Å². The van der Waals surface area contributed by atoms with Gasteiger partial charge in [0.25, 0.3) is 0 Å². The molecule has 0 unspecified atom stereocenters. The fourth-order valence-corrected chi connectivity index (χ4v) is 3.47. The minimum atomic E-state index is 0.307. The predicted octanol–water partition coefficient (Wildman–Crippen LogP) is 2.18. The first kappa shape index (κ1) is 15.3. The van der Waals surface area contributed by atoms with Crippen molar-refractivity contribution in [1.29, 1.82) is 0 Å². The Bertz CT molecular complexity index is 258. The molecule has 19 heavy (non-hydrogen) atoms. The predicted molar refractivity (Wildman–Crippen MR) is 82.6 cm³/mol. The van der Waals surface area contributed by atoms with Gasteiger partial charge in [0, 0.05) is 18.1 Å². The number of hydrogen-bond donors (Lipinski definition) is 1. The Labute approximate surface area is 119 Å². The maximum Gasteiger partial charge on any atom is 0.0124 e. The Hall–Kier alpha value is -0.120. The van der Waals surface area contributed by atoms with E-state index in [1.54, 1.807) is 0 Å². The quantitative estimate of drug-likeness (QED) is 0.845. The van der Waals surface area contributed by atoms with Crippen molar-refractivity contribution in [1.82, 2.24) is 15.1 Å². The van der Waals surface area contributed by atoms with Crippen molar-refractivity contribution in [2.24, 2.45) is 5.92 Å². The summed E-state index contributed by atoms with van der Waals surface area (Å²) in [4.78, 5) is 5.29. The number of hydrogen-bond acceptors (Lipinski definition) is 3. The van der Waals surface area contributed by atoms with E-state index in [4.69, 9.17) is 0 Å². The monoisotopic (exact) mass is 267 g/mol. The zero-order valence-corrected chi connectivity index (χ0v) is 13.4. The van der Waals surface area contributed by atoms with Gasteiger partial charge in [-0.25, -0.2) is 0 Å². The molecule has 2 aliphatic rings. The average molecular weight is 267 g/mol. The molecule has 2 aliphatic heterocycles. The van der Waals surface area contributed by atoms with E-state index in [-0.39, 0.29) is 0 Å². The lowest BCUT2D eigenvalue weighted by Gasteiger charge is -2.43. The van der Waals surface area contributed by atoms with Crippen LogP contribution < -0.4 is 5.32 Å². The summed E-state index contributed by atoms with van der Waals surface area (Å²) in [7, 11) is 2.30. The van der Waals surface area contributed by atoms with Gasteiger partial charge in [-0.3, -0.25) is 4.90 Å². The van der Waals surface area contributed by atoms with Crippen LogP contribution in [0.5, 0.6) is 0 Å². The molecule has 3 heteroatoms. The second-order valence-electron chi connectivity index (χ2n) is 7.51. The summed E-state index contributed by atoms with van der Waals surface area (Å²) in [6.07, 6.45) is 5.45. The maximum atomic E-state index is 3.47. The van der Waals surface area contributed by atoms with E-state index in [9.17, 15) is 0 Å². The molecule has 0 saturated carbocycles. The fourth-order valence-electron chi connectivity index (χ4n) is 3.47. The van der Waals surface area contributed by atoms with Crippen LogP contribution in [0.25, 0.3) is 0 Å². The van der Waals surface area contributed by atoms with E-state index in [0.29, 0.717) is 5.54 Å². The largest absolute Gasteiger partial charge is 0.317 e. The Morgan fingerprint density at radius 2 is 1.63 bits per heavy atom. The third kappa shape index (κ3) is 4.44. The standard InChI is InChI=1S/C16H33N3/c1-16(2,3)18(4)15-7-11-19(12-8-15)13-14-5-9-17-10-6-14/h14-15,17H,5-13H2,1-4H3. The molecule has 1 N–H and O–H groups in total. The van der Waals surface area contributed by atoms with Crippen molar-refractivity contribution in [2.75, 3.05) is 39.8 Å². The minimum Gasteiger partial charge on any atom is -0.317 e. The molecule has 0 bridgehead atoms. The van der Waals surface area contributed by atoms with Gasteiger partial charge in [-0.05, 0) is 85.6 Å². The molecule has 0 amide bonds. The minimum absolute atomic E-state index is 0.307. The number of nitrogens with one attached hydrogen (secondary N) is 1. The van der Waals surface area contributed by atoms with Crippen LogP contribution in [-0.4, -0.2) is 61.2 Å². The van der Waals surface area contributed by atoms with Crippen LogP contribution in [0.15, 0.2) is 0 Å². The first-order chi connectivity index (χ1) is 8.97. The molecule has 3 nitrogen and oxygen atoms in total. The summed E-state index contributed by atoms with van der Waals surface area (Å²) in [5, 5.41) is 3.47. The van der Waals surface area contributed by atoms with Crippen LogP contribution in [0.2, 0.25) is 0 Å². The molecule has 2 rings (SSSR count). The molecule has 0 aromatic rings. The third-order valence-corrected chi connectivity index (χ3v) is 5.14.